The Hall–Kier alpha value is -6.80. The van der Waals surface area contributed by atoms with Gasteiger partial charge in [-0.15, -0.1) is 0 Å². The van der Waals surface area contributed by atoms with Gasteiger partial charge in [0.1, 0.15) is 22.3 Å². The third-order valence-electron chi connectivity index (χ3n) is 13.8. The summed E-state index contributed by atoms with van der Waals surface area (Å²) in [7, 11) is -4.01. The van der Waals surface area contributed by atoms with Gasteiger partial charge in [-0.25, -0.2) is 0 Å². The Morgan fingerprint density at radius 2 is 0.778 bits per heavy atom. The number of benzene rings is 9. The lowest BCUT2D eigenvalue weighted by Crippen LogP contribution is -2.62. The summed E-state index contributed by atoms with van der Waals surface area (Å²) in [5.41, 5.74) is 14.8. The topological polar surface area (TPSA) is 32.8 Å². The van der Waals surface area contributed by atoms with Gasteiger partial charge in [0.05, 0.1) is 38.3 Å². The molecule has 0 spiro atoms. The molecule has 0 aliphatic carbocycles. The maximum Gasteiger partial charge on any atom is 0.252 e. The lowest BCUT2D eigenvalue weighted by atomic mass is 9.33. The average molecular weight is 845 g/mol. The Bertz CT molecular complexity index is 3520. The summed E-state index contributed by atoms with van der Waals surface area (Å²) in [6.45, 7) is 14.9. The highest BCUT2D eigenvalue weighted by Gasteiger charge is 2.46. The van der Waals surface area contributed by atoms with Crippen LogP contribution in [0.4, 0.5) is 34.1 Å². The van der Waals surface area contributed by atoms with Gasteiger partial charge in [0.15, 0.2) is 0 Å². The van der Waals surface area contributed by atoms with Crippen LogP contribution in [0.15, 0.2) is 173 Å². The van der Waals surface area contributed by atoms with Crippen molar-refractivity contribution in [3.8, 4) is 0 Å². The van der Waals surface area contributed by atoms with Crippen molar-refractivity contribution in [1.29, 1.82) is 0 Å². The van der Waals surface area contributed by atoms with E-state index in [0.717, 1.165) is 43.9 Å². The van der Waals surface area contributed by atoms with Crippen molar-refractivity contribution < 1.29 is 8.83 Å². The molecule has 4 nitrogen and oxygen atoms in total. The number of hydrogen-bond donors (Lipinski definition) is 0. The third kappa shape index (κ3) is 5.09. The Balaban J connectivity index is 1.23. The monoisotopic (exact) mass is 844 g/mol. The Labute approximate surface area is 369 Å². The standard InChI is InChI=1S/C56H45BN2O2Si2/c1-62(2,3)55-36-18-9-7-16-34(36)26-30-44(55)58-42-22-15-23-43-52(42)57(40-28-32-48-50(53(40)58)38-20-11-13-24-46(38)60-48)41-29-33-49-51(39-21-12-14-25-47(39)61-49)54(41)59(43)45-31-27-35-17-8-10-19-37(35)56(45)63(4,5)6/h7-33H,1-6H3. The molecule has 11 aromatic rings. The van der Waals surface area contributed by atoms with Gasteiger partial charge in [-0.05, 0) is 96.8 Å². The van der Waals surface area contributed by atoms with Crippen molar-refractivity contribution in [2.24, 2.45) is 0 Å². The number of nitrogens with zero attached hydrogens (tertiary/aromatic N) is 2. The molecule has 13 rings (SSSR count). The van der Waals surface area contributed by atoms with Gasteiger partial charge in [-0.3, -0.25) is 0 Å². The molecule has 2 aromatic heterocycles. The predicted octanol–water partition coefficient (Wildman–Crippen LogP) is 13.0. The van der Waals surface area contributed by atoms with Crippen LogP contribution in [0.25, 0.3) is 65.4 Å². The van der Waals surface area contributed by atoms with Crippen LogP contribution < -0.4 is 36.6 Å². The number of furan rings is 2. The first-order valence-electron chi connectivity index (χ1n) is 22.2. The SMILES string of the molecule is C[Si](C)(C)c1c(N2c3cccc4c3B(c3ccc5oc6ccccc6c5c32)c2ccc3oc5ccccc5c3c2N4c2ccc3ccccc3c2[Si](C)(C)C)ccc2ccccc12. The number of fused-ring (bicyclic) bond motifs is 14. The molecule has 0 atom stereocenters. The van der Waals surface area contributed by atoms with E-state index in [-0.39, 0.29) is 6.71 Å². The molecule has 0 N–H and O–H groups in total. The molecule has 0 saturated heterocycles. The Kier molecular flexibility index (Phi) is 7.53. The second kappa shape index (κ2) is 12.9. The zero-order chi connectivity index (χ0) is 42.5. The minimum atomic E-state index is -2.01. The number of anilines is 6. The highest BCUT2D eigenvalue weighted by Crippen LogP contribution is 2.50. The molecule has 9 aromatic carbocycles. The van der Waals surface area contributed by atoms with E-state index in [9.17, 15) is 0 Å². The zero-order valence-corrected chi connectivity index (χ0v) is 38.4. The molecule has 2 aliphatic rings. The van der Waals surface area contributed by atoms with E-state index in [1.807, 2.05) is 0 Å². The van der Waals surface area contributed by atoms with Gasteiger partial charge in [-0.2, -0.15) is 0 Å². The van der Waals surface area contributed by atoms with Crippen molar-refractivity contribution in [2.45, 2.75) is 39.3 Å². The highest BCUT2D eigenvalue weighted by molar-refractivity contribution is 7.01. The summed E-state index contributed by atoms with van der Waals surface area (Å²) in [5, 5.41) is 12.7. The Morgan fingerprint density at radius 1 is 0.365 bits per heavy atom. The van der Waals surface area contributed by atoms with E-state index in [4.69, 9.17) is 8.83 Å². The lowest BCUT2D eigenvalue weighted by molar-refractivity contribution is 0.668. The number of hydrogen-bond acceptors (Lipinski definition) is 4. The van der Waals surface area contributed by atoms with Crippen LogP contribution in [0.3, 0.4) is 0 Å². The fourth-order valence-corrected chi connectivity index (χ4v) is 15.5. The minimum absolute atomic E-state index is 0.0728. The molecular weight excluding hydrogens is 800 g/mol. The van der Waals surface area contributed by atoms with Crippen molar-refractivity contribution in [1.82, 2.24) is 0 Å². The molecule has 4 heterocycles. The maximum atomic E-state index is 6.75. The maximum absolute atomic E-state index is 6.75. The summed E-state index contributed by atoms with van der Waals surface area (Å²) in [6, 6.07) is 60.8. The van der Waals surface area contributed by atoms with Crippen molar-refractivity contribution >= 4 is 149 Å². The second-order valence-corrected chi connectivity index (χ2v) is 29.6. The van der Waals surface area contributed by atoms with Crippen molar-refractivity contribution in [2.75, 3.05) is 9.80 Å². The van der Waals surface area contributed by atoms with E-state index in [2.05, 4.69) is 213 Å². The molecule has 63 heavy (non-hydrogen) atoms. The minimum Gasteiger partial charge on any atom is -0.456 e. The highest BCUT2D eigenvalue weighted by atomic mass is 28.3. The van der Waals surface area contributed by atoms with Gasteiger partial charge in [0.2, 0.25) is 0 Å². The van der Waals surface area contributed by atoms with E-state index < -0.39 is 16.1 Å². The van der Waals surface area contributed by atoms with Crippen molar-refractivity contribution in [3.63, 3.8) is 0 Å². The molecule has 0 amide bonds. The van der Waals surface area contributed by atoms with E-state index >= 15 is 0 Å². The average Bonchev–Trinajstić information content (AvgIpc) is 3.86. The van der Waals surface area contributed by atoms with Crippen LogP contribution in [-0.4, -0.2) is 22.9 Å². The van der Waals surface area contributed by atoms with E-state index in [1.54, 1.807) is 0 Å². The number of rotatable bonds is 4. The van der Waals surface area contributed by atoms with Gasteiger partial charge in [0, 0.05) is 33.5 Å². The summed E-state index contributed by atoms with van der Waals surface area (Å²) >= 11 is 0. The van der Waals surface area contributed by atoms with Crippen LogP contribution in [-0.2, 0) is 0 Å². The molecule has 0 saturated carbocycles. The third-order valence-corrected chi connectivity index (χ3v) is 17.8. The normalized spacial score (nSPS) is 13.8. The van der Waals surface area contributed by atoms with Gasteiger partial charge < -0.3 is 18.6 Å². The van der Waals surface area contributed by atoms with Gasteiger partial charge >= 0.3 is 0 Å². The lowest BCUT2D eigenvalue weighted by Gasteiger charge is -2.46. The molecular formula is C56H45BN2O2Si2. The van der Waals surface area contributed by atoms with Crippen molar-refractivity contribution in [3.05, 3.63) is 164 Å². The quantitative estimate of drug-likeness (QED) is 0.165. The first-order valence-corrected chi connectivity index (χ1v) is 29.2. The summed E-state index contributed by atoms with van der Waals surface area (Å²) in [6.07, 6.45) is 0. The fraction of sp³-hybridized carbons (Fsp3) is 0.107. The van der Waals surface area contributed by atoms with Crippen LogP contribution in [0, 0.1) is 0 Å². The molecule has 0 unspecified atom stereocenters. The summed E-state index contributed by atoms with van der Waals surface area (Å²) in [4.78, 5) is 5.29. The van der Waals surface area contributed by atoms with E-state index in [1.165, 1.54) is 82.4 Å². The summed E-state index contributed by atoms with van der Waals surface area (Å²) in [5.74, 6) is 0. The molecule has 302 valence electrons. The Morgan fingerprint density at radius 3 is 1.22 bits per heavy atom. The molecule has 0 fully saturated rings. The first kappa shape index (κ1) is 36.8. The fourth-order valence-electron chi connectivity index (χ4n) is 11.5. The smallest absolute Gasteiger partial charge is 0.252 e. The van der Waals surface area contributed by atoms with Gasteiger partial charge in [-0.1, -0.05) is 155 Å². The van der Waals surface area contributed by atoms with E-state index in [0.29, 0.717) is 0 Å². The van der Waals surface area contributed by atoms with Crippen LogP contribution in [0.1, 0.15) is 0 Å². The number of para-hydroxylation sites is 2. The molecule has 0 radical (unpaired) electrons. The van der Waals surface area contributed by atoms with Crippen LogP contribution >= 0.6 is 0 Å². The molecule has 0 bridgehead atoms. The summed E-state index contributed by atoms with van der Waals surface area (Å²) < 4.78 is 13.5. The molecule has 2 aliphatic heterocycles. The largest absolute Gasteiger partial charge is 0.456 e. The van der Waals surface area contributed by atoms with Gasteiger partial charge in [0.25, 0.3) is 6.71 Å². The molecule has 7 heteroatoms. The predicted molar refractivity (Wildman–Crippen MR) is 276 cm³/mol. The second-order valence-electron chi connectivity index (χ2n) is 19.6. The van der Waals surface area contributed by atoms with Crippen LogP contribution in [0.2, 0.25) is 39.3 Å². The first-order chi connectivity index (χ1) is 30.6. The van der Waals surface area contributed by atoms with Crippen LogP contribution in [0.5, 0.6) is 0 Å². The zero-order valence-electron chi connectivity index (χ0n) is 36.4.